The number of aliphatic hydroxyl groups is 1. The molecule has 0 aromatic rings. The van der Waals surface area contributed by atoms with Gasteiger partial charge in [0.15, 0.2) is 0 Å². The second-order valence-corrected chi connectivity index (χ2v) is 5.05. The largest absolute Gasteiger partial charge is 0.459 e. The molecule has 4 nitrogen and oxygen atoms in total. The van der Waals surface area contributed by atoms with Crippen LogP contribution in [0, 0.1) is 0 Å². The predicted molar refractivity (Wildman–Crippen MR) is 55.4 cm³/mol. The molecule has 0 amide bonds. The van der Waals surface area contributed by atoms with Crippen molar-refractivity contribution in [3.05, 3.63) is 0 Å². The standard InChI is InChI=1S/C11H20O4/c1-8(12)15-9(11(4)7-14-11)5-6-10(2,3)13/h9,13H,5-7H2,1-4H3/t9-,11-/m0/s1. The molecular formula is C11H20O4. The number of hydrogen-bond donors (Lipinski definition) is 1. The van der Waals surface area contributed by atoms with Gasteiger partial charge in [0.25, 0.3) is 0 Å². The van der Waals surface area contributed by atoms with Gasteiger partial charge in [-0.05, 0) is 33.6 Å². The molecule has 1 heterocycles. The van der Waals surface area contributed by atoms with Crippen LogP contribution in [0.3, 0.4) is 0 Å². The lowest BCUT2D eigenvalue weighted by Gasteiger charge is -2.24. The van der Waals surface area contributed by atoms with Gasteiger partial charge in [-0.1, -0.05) is 0 Å². The molecule has 0 spiro atoms. The van der Waals surface area contributed by atoms with Gasteiger partial charge < -0.3 is 14.6 Å². The molecule has 4 heteroatoms. The van der Waals surface area contributed by atoms with E-state index in [2.05, 4.69) is 0 Å². The molecule has 15 heavy (non-hydrogen) atoms. The Labute approximate surface area is 90.6 Å². The summed E-state index contributed by atoms with van der Waals surface area (Å²) in [6.45, 7) is 7.42. The summed E-state index contributed by atoms with van der Waals surface area (Å²) in [5, 5.41) is 9.61. The van der Waals surface area contributed by atoms with Crippen molar-refractivity contribution in [2.24, 2.45) is 0 Å². The molecule has 1 aliphatic rings. The Balaban J connectivity index is 2.47. The molecule has 0 unspecified atom stereocenters. The van der Waals surface area contributed by atoms with Gasteiger partial charge in [-0.25, -0.2) is 0 Å². The number of carbonyl (C=O) groups is 1. The first-order valence-corrected chi connectivity index (χ1v) is 5.26. The van der Waals surface area contributed by atoms with Crippen molar-refractivity contribution < 1.29 is 19.4 Å². The number of epoxide rings is 1. The molecule has 1 rings (SSSR count). The molecule has 0 bridgehead atoms. The summed E-state index contributed by atoms with van der Waals surface area (Å²) in [6.07, 6.45) is 0.963. The average Bonchev–Trinajstić information content (AvgIpc) is 2.76. The van der Waals surface area contributed by atoms with Crippen molar-refractivity contribution in [2.45, 2.75) is 57.8 Å². The zero-order valence-electron chi connectivity index (χ0n) is 9.87. The SMILES string of the molecule is CC(=O)O[C@@H](CCC(C)(C)O)[C@]1(C)CO1. The van der Waals surface area contributed by atoms with Crippen LogP contribution < -0.4 is 0 Å². The summed E-state index contributed by atoms with van der Waals surface area (Å²) in [5.74, 6) is -0.299. The predicted octanol–water partition coefficient (Wildman–Crippen LogP) is 1.26. The molecule has 1 aliphatic heterocycles. The van der Waals surface area contributed by atoms with E-state index in [0.29, 0.717) is 19.4 Å². The molecule has 0 aromatic heterocycles. The van der Waals surface area contributed by atoms with Gasteiger partial charge in [-0.3, -0.25) is 4.79 Å². The Morgan fingerprint density at radius 2 is 2.20 bits per heavy atom. The summed E-state index contributed by atoms with van der Waals surface area (Å²) in [5.41, 5.74) is -1.07. The lowest BCUT2D eigenvalue weighted by Crippen LogP contribution is -2.34. The molecule has 0 aliphatic carbocycles. The number of rotatable bonds is 5. The first-order valence-electron chi connectivity index (χ1n) is 5.26. The van der Waals surface area contributed by atoms with Crippen molar-refractivity contribution in [2.75, 3.05) is 6.61 Å². The Bertz CT molecular complexity index is 237. The van der Waals surface area contributed by atoms with Gasteiger partial charge in [-0.2, -0.15) is 0 Å². The van der Waals surface area contributed by atoms with Gasteiger partial charge in [0, 0.05) is 6.92 Å². The van der Waals surface area contributed by atoms with Crippen LogP contribution in [0.25, 0.3) is 0 Å². The second kappa shape index (κ2) is 4.10. The van der Waals surface area contributed by atoms with Crippen LogP contribution in [0.5, 0.6) is 0 Å². The van der Waals surface area contributed by atoms with Crippen molar-refractivity contribution >= 4 is 5.97 Å². The molecular weight excluding hydrogens is 196 g/mol. The number of carbonyl (C=O) groups excluding carboxylic acids is 1. The van der Waals surface area contributed by atoms with E-state index >= 15 is 0 Å². The van der Waals surface area contributed by atoms with Gasteiger partial charge in [0.2, 0.25) is 0 Å². The number of ether oxygens (including phenoxy) is 2. The van der Waals surface area contributed by atoms with E-state index in [-0.39, 0.29) is 17.7 Å². The maximum absolute atomic E-state index is 10.9. The third kappa shape index (κ3) is 4.18. The van der Waals surface area contributed by atoms with Crippen LogP contribution in [0.4, 0.5) is 0 Å². The number of hydrogen-bond acceptors (Lipinski definition) is 4. The van der Waals surface area contributed by atoms with E-state index in [1.807, 2.05) is 6.92 Å². The van der Waals surface area contributed by atoms with Crippen LogP contribution in [-0.4, -0.2) is 35.0 Å². The molecule has 1 fully saturated rings. The van der Waals surface area contributed by atoms with Crippen molar-refractivity contribution in [3.63, 3.8) is 0 Å². The normalized spacial score (nSPS) is 27.3. The summed E-state index contributed by atoms with van der Waals surface area (Å²) in [4.78, 5) is 10.9. The zero-order chi connectivity index (χ0) is 11.7. The van der Waals surface area contributed by atoms with Crippen LogP contribution in [0.2, 0.25) is 0 Å². The minimum atomic E-state index is -0.732. The van der Waals surface area contributed by atoms with Crippen LogP contribution in [-0.2, 0) is 14.3 Å². The van der Waals surface area contributed by atoms with Crippen LogP contribution >= 0.6 is 0 Å². The molecule has 0 saturated carbocycles. The van der Waals surface area contributed by atoms with E-state index in [9.17, 15) is 9.90 Å². The highest BCUT2D eigenvalue weighted by Crippen LogP contribution is 2.35. The fourth-order valence-electron chi connectivity index (χ4n) is 1.47. The molecule has 0 radical (unpaired) electrons. The summed E-state index contributed by atoms with van der Waals surface area (Å²) in [7, 11) is 0. The molecule has 88 valence electrons. The smallest absolute Gasteiger partial charge is 0.303 e. The maximum Gasteiger partial charge on any atom is 0.303 e. The Kier molecular flexibility index (Phi) is 3.41. The monoisotopic (exact) mass is 216 g/mol. The molecule has 2 atom stereocenters. The summed E-state index contributed by atoms with van der Waals surface area (Å²) >= 11 is 0. The van der Waals surface area contributed by atoms with Crippen LogP contribution in [0.15, 0.2) is 0 Å². The van der Waals surface area contributed by atoms with Crippen LogP contribution in [0.1, 0.15) is 40.5 Å². The zero-order valence-corrected chi connectivity index (χ0v) is 9.87. The van der Waals surface area contributed by atoms with E-state index in [1.165, 1.54) is 6.92 Å². The third-order valence-corrected chi connectivity index (χ3v) is 2.61. The van der Waals surface area contributed by atoms with E-state index in [0.717, 1.165) is 0 Å². The minimum Gasteiger partial charge on any atom is -0.459 e. The highest BCUT2D eigenvalue weighted by atomic mass is 16.6. The fourth-order valence-corrected chi connectivity index (χ4v) is 1.47. The maximum atomic E-state index is 10.9. The lowest BCUT2D eigenvalue weighted by atomic mass is 9.94. The first-order chi connectivity index (χ1) is 6.73. The molecule has 1 N–H and O–H groups in total. The number of esters is 1. The molecule has 0 aromatic carbocycles. The van der Waals surface area contributed by atoms with Gasteiger partial charge in [0.05, 0.1) is 12.2 Å². The minimum absolute atomic E-state index is 0.249. The summed E-state index contributed by atoms with van der Waals surface area (Å²) in [6, 6.07) is 0. The Hall–Kier alpha value is -0.610. The van der Waals surface area contributed by atoms with Crippen molar-refractivity contribution in [3.8, 4) is 0 Å². The third-order valence-electron chi connectivity index (χ3n) is 2.61. The highest BCUT2D eigenvalue weighted by molar-refractivity contribution is 5.66. The second-order valence-electron chi connectivity index (χ2n) is 5.05. The fraction of sp³-hybridized carbons (Fsp3) is 0.909. The topological polar surface area (TPSA) is 59.1 Å². The van der Waals surface area contributed by atoms with Crippen molar-refractivity contribution in [1.82, 2.24) is 0 Å². The van der Waals surface area contributed by atoms with Crippen molar-refractivity contribution in [1.29, 1.82) is 0 Å². The molecule has 1 saturated heterocycles. The van der Waals surface area contributed by atoms with E-state index < -0.39 is 5.60 Å². The first kappa shape index (κ1) is 12.5. The van der Waals surface area contributed by atoms with E-state index in [1.54, 1.807) is 13.8 Å². The lowest BCUT2D eigenvalue weighted by molar-refractivity contribution is -0.150. The average molecular weight is 216 g/mol. The Morgan fingerprint density at radius 3 is 2.53 bits per heavy atom. The van der Waals surface area contributed by atoms with Gasteiger partial charge in [-0.15, -0.1) is 0 Å². The summed E-state index contributed by atoms with van der Waals surface area (Å²) < 4.78 is 10.5. The van der Waals surface area contributed by atoms with E-state index in [4.69, 9.17) is 9.47 Å². The highest BCUT2D eigenvalue weighted by Gasteiger charge is 2.49. The Morgan fingerprint density at radius 1 is 1.67 bits per heavy atom. The van der Waals surface area contributed by atoms with Gasteiger partial charge in [0.1, 0.15) is 11.7 Å². The quantitative estimate of drug-likeness (QED) is 0.555. The van der Waals surface area contributed by atoms with Gasteiger partial charge >= 0.3 is 5.97 Å².